The first-order valence-corrected chi connectivity index (χ1v) is 17.2. The van der Waals surface area contributed by atoms with Crippen LogP contribution in [0.25, 0.3) is 0 Å². The van der Waals surface area contributed by atoms with Gasteiger partial charge in [0.2, 0.25) is 23.6 Å². The van der Waals surface area contributed by atoms with E-state index in [2.05, 4.69) is 21.3 Å². The summed E-state index contributed by atoms with van der Waals surface area (Å²) < 4.78 is 21.1. The van der Waals surface area contributed by atoms with Crippen molar-refractivity contribution in [1.29, 1.82) is 0 Å². The number of hydrogen-bond donors (Lipinski definition) is 6. The maximum atomic E-state index is 13.3. The first-order chi connectivity index (χ1) is 24.4. The van der Waals surface area contributed by atoms with E-state index in [0.717, 1.165) is 5.56 Å². The Kier molecular flexibility index (Phi) is 19.5. The molecule has 17 heteroatoms. The van der Waals surface area contributed by atoms with Crippen molar-refractivity contribution in [3.8, 4) is 0 Å². The monoisotopic (exact) mass is 721 g/mol. The van der Waals surface area contributed by atoms with Gasteiger partial charge in [0.25, 0.3) is 0 Å². The maximum absolute atomic E-state index is 13.3. The maximum Gasteiger partial charge on any atom is 0.312 e. The summed E-state index contributed by atoms with van der Waals surface area (Å²) in [6, 6.07) is 4.25. The highest BCUT2D eigenvalue weighted by Gasteiger charge is 2.33. The molecule has 4 atom stereocenters. The molecule has 1 aromatic carbocycles. The van der Waals surface area contributed by atoms with Crippen molar-refractivity contribution in [2.75, 3.05) is 65.2 Å². The van der Waals surface area contributed by atoms with E-state index >= 15 is 0 Å². The molecule has 0 saturated carbocycles. The van der Waals surface area contributed by atoms with Crippen LogP contribution in [-0.2, 0) is 49.5 Å². The zero-order valence-corrected chi connectivity index (χ0v) is 30.1. The van der Waals surface area contributed by atoms with Gasteiger partial charge in [-0.1, -0.05) is 26.0 Å². The van der Waals surface area contributed by atoms with Crippen LogP contribution >= 0.6 is 0 Å². The van der Waals surface area contributed by atoms with Gasteiger partial charge >= 0.3 is 12.0 Å². The molecule has 1 fully saturated rings. The van der Waals surface area contributed by atoms with Crippen LogP contribution in [0.15, 0.2) is 24.3 Å². The molecule has 1 saturated heterocycles. The van der Waals surface area contributed by atoms with Gasteiger partial charge in [-0.25, -0.2) is 4.79 Å². The first kappa shape index (κ1) is 42.8. The third-order valence-electron chi connectivity index (χ3n) is 8.26. The lowest BCUT2D eigenvalue weighted by Crippen LogP contribution is -2.55. The largest absolute Gasteiger partial charge is 0.469 e. The average Bonchev–Trinajstić information content (AvgIpc) is 3.10. The summed E-state index contributed by atoms with van der Waals surface area (Å²) in [5, 5.41) is 10.6. The number of urea groups is 1. The number of carbonyl (C=O) groups is 6. The summed E-state index contributed by atoms with van der Waals surface area (Å²) in [5.74, 6) is -2.47. The van der Waals surface area contributed by atoms with Crippen LogP contribution in [-0.4, -0.2) is 118 Å². The number of likely N-dealkylation sites (tertiary alicyclic amines) is 1. The number of primary amides is 1. The summed E-state index contributed by atoms with van der Waals surface area (Å²) in [5.41, 5.74) is 12.2. The predicted molar refractivity (Wildman–Crippen MR) is 187 cm³/mol. The molecule has 0 aliphatic carbocycles. The number of hydrogen-bond acceptors (Lipinski definition) is 11. The zero-order chi connectivity index (χ0) is 37.8. The van der Waals surface area contributed by atoms with Gasteiger partial charge in [0.05, 0.1) is 39.5 Å². The summed E-state index contributed by atoms with van der Waals surface area (Å²) >= 11 is 0. The van der Waals surface area contributed by atoms with Crippen molar-refractivity contribution >= 4 is 41.3 Å². The number of nitrogens with one attached hydrogen (secondary N) is 4. The van der Waals surface area contributed by atoms with E-state index in [9.17, 15) is 28.8 Å². The number of amides is 6. The molecule has 6 amide bonds. The van der Waals surface area contributed by atoms with Crippen molar-refractivity contribution < 1.29 is 47.7 Å². The Morgan fingerprint density at radius 3 is 2.16 bits per heavy atom. The van der Waals surface area contributed by atoms with Crippen LogP contribution in [0.2, 0.25) is 0 Å². The Bertz CT molecular complexity index is 1280. The van der Waals surface area contributed by atoms with Crippen LogP contribution in [0.5, 0.6) is 0 Å². The van der Waals surface area contributed by atoms with E-state index in [1.807, 2.05) is 6.92 Å². The van der Waals surface area contributed by atoms with E-state index in [1.54, 1.807) is 43.0 Å². The highest BCUT2D eigenvalue weighted by Crippen LogP contribution is 2.24. The topological polar surface area (TPSA) is 243 Å². The van der Waals surface area contributed by atoms with E-state index < -0.39 is 35.8 Å². The molecule has 2 rings (SSSR count). The lowest BCUT2D eigenvalue weighted by atomic mass is 9.91. The molecule has 1 heterocycles. The van der Waals surface area contributed by atoms with Gasteiger partial charge in [-0.05, 0) is 56.2 Å². The molecule has 0 radical (unpaired) electrons. The number of anilines is 1. The van der Waals surface area contributed by atoms with Crippen LogP contribution in [0.1, 0.15) is 52.0 Å². The molecule has 0 aromatic heterocycles. The lowest BCUT2D eigenvalue weighted by molar-refractivity contribution is -0.151. The Labute approximate surface area is 299 Å². The molecule has 0 spiro atoms. The number of piperidine rings is 1. The van der Waals surface area contributed by atoms with Gasteiger partial charge < -0.3 is 56.6 Å². The number of esters is 1. The predicted octanol–water partition coefficient (Wildman–Crippen LogP) is 0.00780. The number of benzene rings is 1. The number of carbonyl (C=O) groups excluding carboxylic acids is 6. The number of nitrogens with two attached hydrogens (primary N) is 2. The fourth-order valence-electron chi connectivity index (χ4n) is 5.42. The van der Waals surface area contributed by atoms with Crippen LogP contribution < -0.4 is 32.7 Å². The highest BCUT2D eigenvalue weighted by molar-refractivity contribution is 5.98. The number of nitrogens with zero attached hydrogens (tertiary/aromatic N) is 1. The molecule has 1 aliphatic heterocycles. The Balaban J connectivity index is 1.72. The molecular weight excluding hydrogens is 666 g/mol. The average molecular weight is 722 g/mol. The van der Waals surface area contributed by atoms with E-state index in [4.69, 9.17) is 30.4 Å². The highest BCUT2D eigenvalue weighted by atomic mass is 16.5. The summed E-state index contributed by atoms with van der Waals surface area (Å²) in [6.07, 6.45) is 1.65. The number of methoxy groups -OCH3 is 1. The second-order valence-electron chi connectivity index (χ2n) is 12.6. The van der Waals surface area contributed by atoms with Crippen molar-refractivity contribution in [3.63, 3.8) is 0 Å². The van der Waals surface area contributed by atoms with E-state index in [1.165, 1.54) is 7.11 Å². The van der Waals surface area contributed by atoms with Gasteiger partial charge in [-0.2, -0.15) is 0 Å². The molecular formula is C34H55N7O10. The van der Waals surface area contributed by atoms with Crippen molar-refractivity contribution in [3.05, 3.63) is 29.8 Å². The normalized spacial score (nSPS) is 16.9. The molecule has 1 aromatic rings. The van der Waals surface area contributed by atoms with E-state index in [-0.39, 0.29) is 82.4 Å². The fraction of sp³-hybridized carbons (Fsp3) is 0.647. The number of ether oxygens (including phenoxy) is 4. The molecule has 286 valence electrons. The summed E-state index contributed by atoms with van der Waals surface area (Å²) in [7, 11) is 1.36. The smallest absolute Gasteiger partial charge is 0.312 e. The van der Waals surface area contributed by atoms with Gasteiger partial charge in [0.1, 0.15) is 25.3 Å². The lowest BCUT2D eigenvalue weighted by Gasteiger charge is -2.36. The third kappa shape index (κ3) is 16.1. The standard InChI is InChI=1S/C34H55N7O10/c1-22(2)30(32(45)39-27(6-5-12-37-34(36)47)31(44)38-26-9-7-24(19-35)8-10-26)40-28(42)20-50-16-14-49-15-17-51-21-29(43)41-13-11-25(18-23(41)3)33(46)48-4/h7-10,22-23,25,27,30H,5-6,11-21,35H2,1-4H3,(H,38,44)(H,39,45)(H,40,42)(H3,36,37,47)/t23-,25-,27-,30-/m0/s1. The zero-order valence-electron chi connectivity index (χ0n) is 30.1. The second kappa shape index (κ2) is 23.2. The molecule has 0 bridgehead atoms. The number of rotatable bonds is 22. The van der Waals surface area contributed by atoms with Crippen LogP contribution in [0.3, 0.4) is 0 Å². The summed E-state index contributed by atoms with van der Waals surface area (Å²) in [6.45, 7) is 6.69. The Morgan fingerprint density at radius 1 is 0.922 bits per heavy atom. The molecule has 8 N–H and O–H groups in total. The molecule has 17 nitrogen and oxygen atoms in total. The van der Waals surface area contributed by atoms with Gasteiger partial charge in [0, 0.05) is 31.4 Å². The quantitative estimate of drug-likeness (QED) is 0.0688. The van der Waals surface area contributed by atoms with Crippen molar-refractivity contribution in [2.45, 2.75) is 71.1 Å². The third-order valence-corrected chi connectivity index (χ3v) is 8.26. The minimum atomic E-state index is -0.968. The SMILES string of the molecule is COC(=O)[C@H]1CCN(C(=O)COCCOCCOCC(=O)N[C@H](C(=O)N[C@@H](CCCNC(N)=O)C(=O)Nc2ccc(CN)cc2)C(C)C)[C@@H](C)C1. The van der Waals surface area contributed by atoms with Gasteiger partial charge in [0.15, 0.2) is 0 Å². The minimum Gasteiger partial charge on any atom is -0.469 e. The second-order valence-corrected chi connectivity index (χ2v) is 12.6. The van der Waals surface area contributed by atoms with Crippen molar-refractivity contribution in [1.82, 2.24) is 20.9 Å². The van der Waals surface area contributed by atoms with Crippen molar-refractivity contribution in [2.24, 2.45) is 23.3 Å². The molecule has 1 aliphatic rings. The van der Waals surface area contributed by atoms with Crippen LogP contribution in [0, 0.1) is 11.8 Å². The fourth-order valence-corrected chi connectivity index (χ4v) is 5.42. The summed E-state index contributed by atoms with van der Waals surface area (Å²) in [4.78, 5) is 76.1. The van der Waals surface area contributed by atoms with Crippen LogP contribution in [0.4, 0.5) is 10.5 Å². The van der Waals surface area contributed by atoms with E-state index in [0.29, 0.717) is 38.0 Å². The Morgan fingerprint density at radius 2 is 1.57 bits per heavy atom. The van der Waals surface area contributed by atoms with Gasteiger partial charge in [-0.3, -0.25) is 24.0 Å². The molecule has 0 unspecified atom stereocenters. The Hall–Kier alpha value is -4.32. The molecule has 51 heavy (non-hydrogen) atoms. The van der Waals surface area contributed by atoms with Gasteiger partial charge in [-0.15, -0.1) is 0 Å². The minimum absolute atomic E-state index is 0.0902. The first-order valence-electron chi connectivity index (χ1n) is 17.2.